The highest BCUT2D eigenvalue weighted by Crippen LogP contribution is 2.48. The van der Waals surface area contributed by atoms with Gasteiger partial charge in [0.1, 0.15) is 30.9 Å². The summed E-state index contributed by atoms with van der Waals surface area (Å²) < 4.78 is 35.2. The molecule has 2 aromatic rings. The molecule has 2 aromatic heterocycles. The number of aromatic nitrogens is 5. The summed E-state index contributed by atoms with van der Waals surface area (Å²) in [5.74, 6) is -0.384. The topological polar surface area (TPSA) is 299 Å². The molecule has 0 amide bonds. The lowest BCUT2D eigenvalue weighted by Crippen LogP contribution is -2.29. The van der Waals surface area contributed by atoms with Crippen molar-refractivity contribution in [2.24, 2.45) is 10.7 Å². The fourth-order valence-corrected chi connectivity index (χ4v) is 5.22. The number of aliphatic imine (C=N–C) groups is 1. The first kappa shape index (κ1) is 28.7. The largest absolute Gasteiger partial charge is 0.472 e. The summed E-state index contributed by atoms with van der Waals surface area (Å²) in [4.78, 5) is 51.8. The minimum Gasteiger partial charge on any atom is -0.394 e. The van der Waals surface area contributed by atoms with Crippen molar-refractivity contribution >= 4 is 31.7 Å². The van der Waals surface area contributed by atoms with Gasteiger partial charge >= 0.3 is 13.5 Å². The predicted molar refractivity (Wildman–Crippen MR) is 132 cm³/mol. The van der Waals surface area contributed by atoms with Crippen molar-refractivity contribution in [1.82, 2.24) is 24.5 Å². The summed E-state index contributed by atoms with van der Waals surface area (Å²) in [6.45, 7) is -1.12. The van der Waals surface area contributed by atoms with Crippen LogP contribution in [-0.2, 0) is 29.5 Å². The fourth-order valence-electron chi connectivity index (χ4n) is 4.26. The van der Waals surface area contributed by atoms with Crippen LogP contribution < -0.4 is 28.5 Å². The third-order valence-electron chi connectivity index (χ3n) is 6.00. The Morgan fingerprint density at radius 1 is 1.26 bits per heavy atom. The monoisotopic (exact) mass is 573 g/mol. The number of hydrogen-bond acceptors (Lipinski definition) is 15. The first-order chi connectivity index (χ1) is 18.5. The van der Waals surface area contributed by atoms with E-state index in [1.807, 2.05) is 0 Å². The van der Waals surface area contributed by atoms with Crippen molar-refractivity contribution in [3.63, 3.8) is 0 Å². The van der Waals surface area contributed by atoms with Crippen molar-refractivity contribution in [3.05, 3.63) is 32.9 Å². The number of nitrogens with one attached hydrogen (secondary N) is 1. The molecule has 2 aliphatic rings. The average molecular weight is 573 g/mol. The summed E-state index contributed by atoms with van der Waals surface area (Å²) in [5, 5.41) is 20.0. The molecule has 0 bridgehead atoms. The lowest BCUT2D eigenvalue weighted by atomic mass is 10.1. The zero-order valence-corrected chi connectivity index (χ0v) is 21.2. The number of aliphatic hydroxyl groups is 2. The maximum atomic E-state index is 12.7. The normalized spacial score (nSPS) is 28.7. The maximum Gasteiger partial charge on any atom is 0.472 e. The van der Waals surface area contributed by atoms with Crippen LogP contribution in [0.2, 0.25) is 0 Å². The van der Waals surface area contributed by atoms with Gasteiger partial charge in [0.05, 0.1) is 37.5 Å². The number of hydrogen-bond donors (Lipinski definition) is 7. The molecule has 0 spiro atoms. The highest BCUT2D eigenvalue weighted by molar-refractivity contribution is 7.47. The first-order valence-corrected chi connectivity index (χ1v) is 13.1. The van der Waals surface area contributed by atoms with Gasteiger partial charge in [-0.05, 0) is 0 Å². The molecule has 0 saturated carbocycles. The Bertz CT molecular complexity index is 1370. The molecule has 214 valence electrons. The number of H-pyrrole nitrogens is 1. The van der Waals surface area contributed by atoms with Gasteiger partial charge in [0.2, 0.25) is 11.9 Å². The average Bonchev–Trinajstić information content (AvgIpc) is 3.41. The lowest BCUT2D eigenvalue weighted by molar-refractivity contribution is -0.0513. The second kappa shape index (κ2) is 11.8. The second-order valence-electron chi connectivity index (χ2n) is 8.69. The second-order valence-corrected chi connectivity index (χ2v) is 10.1. The van der Waals surface area contributed by atoms with E-state index in [0.29, 0.717) is 0 Å². The number of nitrogens with two attached hydrogens (primary N) is 3. The number of nitrogen functional groups attached to an aromatic ring is 2. The number of aliphatic hydroxyl groups excluding tert-OH is 2. The van der Waals surface area contributed by atoms with E-state index in [-0.39, 0.29) is 42.5 Å². The quantitative estimate of drug-likeness (QED) is 0.0848. The molecule has 39 heavy (non-hydrogen) atoms. The van der Waals surface area contributed by atoms with Crippen LogP contribution in [-0.4, -0.2) is 89.7 Å². The van der Waals surface area contributed by atoms with Crippen LogP contribution in [0.25, 0.3) is 0 Å². The van der Waals surface area contributed by atoms with Crippen molar-refractivity contribution in [3.8, 4) is 0 Å². The van der Waals surface area contributed by atoms with E-state index >= 15 is 0 Å². The van der Waals surface area contributed by atoms with E-state index in [1.54, 1.807) is 0 Å². The van der Waals surface area contributed by atoms with Crippen molar-refractivity contribution < 1.29 is 38.2 Å². The first-order valence-electron chi connectivity index (χ1n) is 11.6. The number of phosphoric acid groups is 1. The van der Waals surface area contributed by atoms with Crippen LogP contribution in [0.4, 0.5) is 17.6 Å². The van der Waals surface area contributed by atoms with Gasteiger partial charge in [-0.15, -0.1) is 0 Å². The lowest BCUT2D eigenvalue weighted by Gasteiger charge is -2.21. The van der Waals surface area contributed by atoms with Crippen LogP contribution in [0.5, 0.6) is 0 Å². The molecular formula is C19H28N9O10P. The third kappa shape index (κ3) is 6.84. The molecular weight excluding hydrogens is 545 g/mol. The number of anilines is 2. The van der Waals surface area contributed by atoms with E-state index < -0.39 is 69.0 Å². The minimum absolute atomic E-state index is 0.0365. The number of ether oxygens (including phenoxy) is 2. The molecule has 2 saturated heterocycles. The zero-order chi connectivity index (χ0) is 28.3. The van der Waals surface area contributed by atoms with Gasteiger partial charge in [0, 0.05) is 19.3 Å². The molecule has 20 heteroatoms. The maximum absolute atomic E-state index is 12.7. The van der Waals surface area contributed by atoms with Crippen LogP contribution in [0.1, 0.15) is 24.8 Å². The SMILES string of the molecule is N/C=N\c1c(C[C@H]2C[C@@H](O)C(COP(=O)(O)O[C@@H]3C[C@H](n4cnc(N)nc4=O)OC3CO)O2)nc(N)[nH]c1=O. The van der Waals surface area contributed by atoms with Crippen LogP contribution >= 0.6 is 7.82 Å². The van der Waals surface area contributed by atoms with E-state index in [4.69, 9.17) is 35.7 Å². The van der Waals surface area contributed by atoms with Crippen LogP contribution in [0.3, 0.4) is 0 Å². The smallest absolute Gasteiger partial charge is 0.394 e. The molecule has 19 nitrogen and oxygen atoms in total. The Balaban J connectivity index is 1.35. The molecule has 10 N–H and O–H groups in total. The van der Waals surface area contributed by atoms with Gasteiger partial charge in [-0.3, -0.25) is 23.4 Å². The molecule has 0 aromatic carbocycles. The fraction of sp³-hybridized carbons (Fsp3) is 0.579. The highest BCUT2D eigenvalue weighted by atomic mass is 31.2. The van der Waals surface area contributed by atoms with Gasteiger partial charge < -0.3 is 41.8 Å². The molecule has 3 unspecified atom stereocenters. The van der Waals surface area contributed by atoms with E-state index in [9.17, 15) is 29.3 Å². The van der Waals surface area contributed by atoms with Crippen LogP contribution in [0.15, 0.2) is 20.9 Å². The van der Waals surface area contributed by atoms with Crippen molar-refractivity contribution in [2.75, 3.05) is 24.7 Å². The molecule has 4 rings (SSSR count). The van der Waals surface area contributed by atoms with Crippen molar-refractivity contribution in [1.29, 1.82) is 0 Å². The predicted octanol–water partition coefficient (Wildman–Crippen LogP) is -2.95. The standard InChI is InChI=1S/C19H28N9O10P/c20-6-23-15-9(25-18(22)26-16(15)31)1-8-2-10(30)13(36-8)5-35-39(33,34)38-11-3-14(37-12(11)4-29)28-7-24-17(21)27-19(28)32/h6-8,10-14,29-30H,1-5H2,(H2,20,23)(H,33,34)(H2,21,27,32)(H3,22,25,26,31)/t8-,10+,11+,12?,13?,14+/m0/s1. The summed E-state index contributed by atoms with van der Waals surface area (Å²) in [6, 6.07) is 0. The van der Waals surface area contributed by atoms with E-state index in [1.165, 1.54) is 0 Å². The van der Waals surface area contributed by atoms with E-state index in [0.717, 1.165) is 17.2 Å². The number of phosphoric ester groups is 1. The molecule has 2 fully saturated rings. The Kier molecular flexibility index (Phi) is 8.72. The Hall–Kier alpha value is -3.29. The van der Waals surface area contributed by atoms with Crippen molar-refractivity contribution in [2.45, 2.75) is 56.0 Å². The molecule has 0 radical (unpaired) electrons. The molecule has 4 heterocycles. The highest BCUT2D eigenvalue weighted by Gasteiger charge is 2.43. The molecule has 7 atom stereocenters. The number of aromatic amines is 1. The number of nitrogens with zero attached hydrogens (tertiary/aromatic N) is 5. The Labute approximate surface area is 219 Å². The third-order valence-corrected chi connectivity index (χ3v) is 7.01. The van der Waals surface area contributed by atoms with Gasteiger partial charge in [-0.2, -0.15) is 4.98 Å². The molecule has 0 aliphatic carbocycles. The summed E-state index contributed by atoms with van der Waals surface area (Å²) in [5.41, 5.74) is 15.0. The summed E-state index contributed by atoms with van der Waals surface area (Å²) in [7, 11) is -4.75. The van der Waals surface area contributed by atoms with Gasteiger partial charge in [0.15, 0.2) is 5.69 Å². The van der Waals surface area contributed by atoms with Crippen LogP contribution in [0, 0.1) is 0 Å². The van der Waals surface area contributed by atoms with Gasteiger partial charge in [-0.25, -0.2) is 24.3 Å². The summed E-state index contributed by atoms with van der Waals surface area (Å²) in [6.07, 6.45) is -3.94. The Morgan fingerprint density at radius 3 is 2.72 bits per heavy atom. The number of rotatable bonds is 10. The minimum atomic E-state index is -4.75. The zero-order valence-electron chi connectivity index (χ0n) is 20.3. The van der Waals surface area contributed by atoms with Gasteiger partial charge in [0.25, 0.3) is 5.56 Å². The van der Waals surface area contributed by atoms with E-state index in [2.05, 4.69) is 24.9 Å². The van der Waals surface area contributed by atoms with Gasteiger partial charge in [-0.1, -0.05) is 0 Å². The molecule has 2 aliphatic heterocycles. The summed E-state index contributed by atoms with van der Waals surface area (Å²) >= 11 is 0. The Morgan fingerprint density at radius 2 is 2.03 bits per heavy atom.